The largest absolute Gasteiger partial charge is 0.325 e. The highest BCUT2D eigenvalue weighted by atomic mass is 15.4. The Morgan fingerprint density at radius 1 is 1.24 bits per heavy atom. The first-order chi connectivity index (χ1) is 8.13. The van der Waals surface area contributed by atoms with Crippen molar-refractivity contribution in [2.75, 3.05) is 0 Å². The van der Waals surface area contributed by atoms with Gasteiger partial charge in [-0.1, -0.05) is 36.8 Å². The summed E-state index contributed by atoms with van der Waals surface area (Å²) in [4.78, 5) is 0. The van der Waals surface area contributed by atoms with Crippen LogP contribution in [0.2, 0.25) is 0 Å². The zero-order chi connectivity index (χ0) is 12.4. The fourth-order valence-electron chi connectivity index (χ4n) is 1.85. The molecule has 1 heterocycles. The molecule has 2 aromatic rings. The van der Waals surface area contributed by atoms with E-state index >= 15 is 0 Å². The molecule has 0 saturated heterocycles. The molecule has 4 heteroatoms. The molecule has 0 atom stereocenters. The van der Waals surface area contributed by atoms with Gasteiger partial charge in [0.25, 0.3) is 0 Å². The predicted octanol–water partition coefficient (Wildman–Crippen LogP) is 2.16. The van der Waals surface area contributed by atoms with Crippen LogP contribution in [-0.4, -0.2) is 15.0 Å². The Morgan fingerprint density at radius 2 is 1.88 bits per heavy atom. The minimum Gasteiger partial charge on any atom is -0.325 e. The van der Waals surface area contributed by atoms with Crippen LogP contribution in [0.4, 0.5) is 0 Å². The fraction of sp³-hybridized carbons (Fsp3) is 0.385. The third kappa shape index (κ3) is 2.22. The lowest BCUT2D eigenvalue weighted by Gasteiger charge is -2.07. The molecule has 0 fully saturated rings. The maximum Gasteiger partial charge on any atom is 0.0902 e. The molecule has 0 amide bonds. The number of aromatic nitrogens is 3. The Balaban J connectivity index is 2.48. The van der Waals surface area contributed by atoms with Gasteiger partial charge in [0, 0.05) is 6.54 Å². The van der Waals surface area contributed by atoms with Gasteiger partial charge in [0.1, 0.15) is 0 Å². The molecule has 2 rings (SSSR count). The molecule has 0 radical (unpaired) electrons. The predicted molar refractivity (Wildman–Crippen MR) is 68.1 cm³/mol. The van der Waals surface area contributed by atoms with E-state index in [1.807, 2.05) is 16.8 Å². The number of nitrogens with zero attached hydrogens (tertiary/aromatic N) is 3. The first-order valence-electron chi connectivity index (χ1n) is 5.85. The lowest BCUT2D eigenvalue weighted by atomic mass is 10.1. The van der Waals surface area contributed by atoms with Crippen molar-refractivity contribution in [2.45, 2.75) is 33.2 Å². The lowest BCUT2D eigenvalue weighted by Crippen LogP contribution is -2.09. The zero-order valence-electron chi connectivity index (χ0n) is 10.5. The van der Waals surface area contributed by atoms with Crippen molar-refractivity contribution in [3.63, 3.8) is 0 Å². The molecule has 0 aliphatic rings. The van der Waals surface area contributed by atoms with Gasteiger partial charge in [0.2, 0.25) is 0 Å². The Morgan fingerprint density at radius 3 is 2.41 bits per heavy atom. The summed E-state index contributed by atoms with van der Waals surface area (Å²) in [6.07, 6.45) is 0. The van der Waals surface area contributed by atoms with Crippen LogP contribution in [0.5, 0.6) is 0 Å². The van der Waals surface area contributed by atoms with Gasteiger partial charge >= 0.3 is 0 Å². The van der Waals surface area contributed by atoms with E-state index in [2.05, 4.69) is 43.2 Å². The average Bonchev–Trinajstić information content (AvgIpc) is 2.73. The van der Waals surface area contributed by atoms with E-state index in [1.54, 1.807) is 0 Å². The van der Waals surface area contributed by atoms with E-state index < -0.39 is 0 Å². The molecule has 0 spiro atoms. The lowest BCUT2D eigenvalue weighted by molar-refractivity contribution is 0.761. The minimum absolute atomic E-state index is 0.341. The second kappa shape index (κ2) is 4.67. The molecule has 17 heavy (non-hydrogen) atoms. The van der Waals surface area contributed by atoms with Crippen molar-refractivity contribution in [3.05, 3.63) is 41.2 Å². The second-order valence-corrected chi connectivity index (χ2v) is 4.53. The number of hydrogen-bond acceptors (Lipinski definition) is 3. The summed E-state index contributed by atoms with van der Waals surface area (Å²) in [5.74, 6) is 0.341. The van der Waals surface area contributed by atoms with Crippen LogP contribution >= 0.6 is 0 Å². The highest BCUT2D eigenvalue weighted by Crippen LogP contribution is 2.19. The molecule has 1 aromatic carbocycles. The van der Waals surface area contributed by atoms with Gasteiger partial charge in [-0.2, -0.15) is 0 Å². The third-order valence-corrected chi connectivity index (χ3v) is 2.81. The molecule has 0 saturated carbocycles. The molecular formula is C13H18N4. The van der Waals surface area contributed by atoms with Crippen LogP contribution in [0.3, 0.4) is 0 Å². The SMILES string of the molecule is Cc1ccc(-n2nnc(C(C)C)c2CN)cc1. The second-order valence-electron chi connectivity index (χ2n) is 4.53. The zero-order valence-corrected chi connectivity index (χ0v) is 10.5. The van der Waals surface area contributed by atoms with Gasteiger partial charge in [-0.3, -0.25) is 0 Å². The summed E-state index contributed by atoms with van der Waals surface area (Å²) in [5, 5.41) is 8.41. The van der Waals surface area contributed by atoms with Gasteiger partial charge in [-0.05, 0) is 25.0 Å². The monoisotopic (exact) mass is 230 g/mol. The normalized spacial score (nSPS) is 11.1. The highest BCUT2D eigenvalue weighted by Gasteiger charge is 2.15. The van der Waals surface area contributed by atoms with Crippen LogP contribution in [0.1, 0.15) is 36.7 Å². The molecule has 0 aliphatic heterocycles. The van der Waals surface area contributed by atoms with Crippen LogP contribution in [0.15, 0.2) is 24.3 Å². The van der Waals surface area contributed by atoms with Crippen LogP contribution in [0, 0.1) is 6.92 Å². The van der Waals surface area contributed by atoms with Crippen molar-refractivity contribution in [2.24, 2.45) is 5.73 Å². The molecule has 1 aromatic heterocycles. The summed E-state index contributed by atoms with van der Waals surface area (Å²) in [5.41, 5.74) is 10.0. The van der Waals surface area contributed by atoms with E-state index in [1.165, 1.54) is 5.56 Å². The number of nitrogens with two attached hydrogens (primary N) is 1. The summed E-state index contributed by atoms with van der Waals surface area (Å²) in [7, 11) is 0. The summed E-state index contributed by atoms with van der Waals surface area (Å²) in [6, 6.07) is 8.19. The first-order valence-corrected chi connectivity index (χ1v) is 5.85. The van der Waals surface area contributed by atoms with E-state index in [0.29, 0.717) is 12.5 Å². The van der Waals surface area contributed by atoms with Gasteiger partial charge in [0.05, 0.1) is 17.1 Å². The van der Waals surface area contributed by atoms with E-state index in [-0.39, 0.29) is 0 Å². The van der Waals surface area contributed by atoms with Gasteiger partial charge in [-0.15, -0.1) is 5.10 Å². The minimum atomic E-state index is 0.341. The molecule has 90 valence electrons. The molecule has 0 bridgehead atoms. The van der Waals surface area contributed by atoms with Crippen LogP contribution < -0.4 is 5.73 Å². The first kappa shape index (κ1) is 11.8. The van der Waals surface area contributed by atoms with Gasteiger partial charge in [-0.25, -0.2) is 4.68 Å². The fourth-order valence-corrected chi connectivity index (χ4v) is 1.85. The molecule has 0 aliphatic carbocycles. The maximum absolute atomic E-state index is 5.80. The Hall–Kier alpha value is -1.68. The quantitative estimate of drug-likeness (QED) is 0.879. The van der Waals surface area contributed by atoms with Gasteiger partial charge < -0.3 is 5.73 Å². The van der Waals surface area contributed by atoms with Crippen molar-refractivity contribution < 1.29 is 0 Å². The van der Waals surface area contributed by atoms with E-state index in [9.17, 15) is 0 Å². The van der Waals surface area contributed by atoms with Crippen molar-refractivity contribution in [3.8, 4) is 5.69 Å². The van der Waals surface area contributed by atoms with E-state index in [4.69, 9.17) is 5.73 Å². The Kier molecular flexibility index (Phi) is 3.24. The molecule has 4 nitrogen and oxygen atoms in total. The number of hydrogen-bond donors (Lipinski definition) is 1. The molecular weight excluding hydrogens is 212 g/mol. The maximum atomic E-state index is 5.80. The topological polar surface area (TPSA) is 56.7 Å². The van der Waals surface area contributed by atoms with Crippen molar-refractivity contribution >= 4 is 0 Å². The third-order valence-electron chi connectivity index (χ3n) is 2.81. The Labute approximate surface area is 101 Å². The summed E-state index contributed by atoms with van der Waals surface area (Å²) < 4.78 is 1.83. The van der Waals surface area contributed by atoms with Crippen LogP contribution in [-0.2, 0) is 6.54 Å². The van der Waals surface area contributed by atoms with Crippen molar-refractivity contribution in [1.29, 1.82) is 0 Å². The summed E-state index contributed by atoms with van der Waals surface area (Å²) >= 11 is 0. The number of rotatable bonds is 3. The smallest absolute Gasteiger partial charge is 0.0902 e. The standard InChI is InChI=1S/C13H18N4/c1-9(2)13-12(8-14)17(16-15-13)11-6-4-10(3)5-7-11/h4-7,9H,8,14H2,1-3H3. The van der Waals surface area contributed by atoms with E-state index in [0.717, 1.165) is 17.1 Å². The highest BCUT2D eigenvalue weighted by molar-refractivity contribution is 5.36. The van der Waals surface area contributed by atoms with Crippen molar-refractivity contribution in [1.82, 2.24) is 15.0 Å². The van der Waals surface area contributed by atoms with Gasteiger partial charge in [0.15, 0.2) is 0 Å². The number of aryl methyl sites for hydroxylation is 1. The Bertz CT molecular complexity index is 497. The molecule has 0 unspecified atom stereocenters. The van der Waals surface area contributed by atoms with Crippen LogP contribution in [0.25, 0.3) is 5.69 Å². The summed E-state index contributed by atoms with van der Waals surface area (Å²) in [6.45, 7) is 6.72. The average molecular weight is 230 g/mol. The number of benzene rings is 1. The molecule has 2 N–H and O–H groups in total.